The second-order valence-electron chi connectivity index (χ2n) is 6.75. The number of carbonyl (C=O) groups excluding carboxylic acids is 1. The van der Waals surface area contributed by atoms with Gasteiger partial charge in [0.05, 0.1) is 5.69 Å². The van der Waals surface area contributed by atoms with E-state index < -0.39 is 0 Å². The quantitative estimate of drug-likeness (QED) is 0.786. The van der Waals surface area contributed by atoms with Crippen molar-refractivity contribution in [3.05, 3.63) is 69.9 Å². The Labute approximate surface area is 151 Å². The van der Waals surface area contributed by atoms with E-state index in [1.165, 1.54) is 4.57 Å². The molecule has 1 aliphatic heterocycles. The van der Waals surface area contributed by atoms with Crippen LogP contribution in [0, 0.1) is 5.92 Å². The molecule has 3 aromatic rings. The number of fused-ring (bicyclic) bond motifs is 1. The SMILES string of the molecule is CCc1[nH]c(=O)n2c1C(c1ccc(-n3ccnc3CC)cc1)C(C)C2=O. The van der Waals surface area contributed by atoms with Gasteiger partial charge in [-0.3, -0.25) is 4.79 Å². The number of aryl methyl sites for hydroxylation is 2. The summed E-state index contributed by atoms with van der Waals surface area (Å²) in [7, 11) is 0. The van der Waals surface area contributed by atoms with Crippen LogP contribution in [0.15, 0.2) is 41.5 Å². The zero-order valence-electron chi connectivity index (χ0n) is 15.2. The molecule has 2 unspecified atom stereocenters. The highest BCUT2D eigenvalue weighted by molar-refractivity contribution is 5.87. The van der Waals surface area contributed by atoms with Crippen molar-refractivity contribution in [2.24, 2.45) is 5.92 Å². The molecule has 0 saturated carbocycles. The van der Waals surface area contributed by atoms with Gasteiger partial charge in [0, 0.05) is 42.0 Å². The van der Waals surface area contributed by atoms with Crippen LogP contribution in [0.5, 0.6) is 0 Å². The summed E-state index contributed by atoms with van der Waals surface area (Å²) in [5, 5.41) is 0. The van der Waals surface area contributed by atoms with Crippen LogP contribution in [0.25, 0.3) is 5.69 Å². The number of hydrogen-bond donors (Lipinski definition) is 1. The Morgan fingerprint density at radius 1 is 1.12 bits per heavy atom. The number of aromatic nitrogens is 4. The second-order valence-corrected chi connectivity index (χ2v) is 6.75. The lowest BCUT2D eigenvalue weighted by atomic mass is 9.86. The first-order valence-electron chi connectivity index (χ1n) is 9.07. The molecule has 0 spiro atoms. The van der Waals surface area contributed by atoms with Crippen molar-refractivity contribution < 1.29 is 4.79 Å². The fourth-order valence-corrected chi connectivity index (χ4v) is 4.01. The molecule has 0 fully saturated rings. The van der Waals surface area contributed by atoms with Gasteiger partial charge < -0.3 is 9.55 Å². The van der Waals surface area contributed by atoms with Crippen molar-refractivity contribution in [3.8, 4) is 5.69 Å². The molecule has 26 heavy (non-hydrogen) atoms. The van der Waals surface area contributed by atoms with Gasteiger partial charge in [-0.15, -0.1) is 0 Å². The van der Waals surface area contributed by atoms with E-state index >= 15 is 0 Å². The van der Waals surface area contributed by atoms with Gasteiger partial charge in [-0.05, 0) is 24.1 Å². The monoisotopic (exact) mass is 350 g/mol. The Morgan fingerprint density at radius 2 is 1.85 bits per heavy atom. The van der Waals surface area contributed by atoms with Crippen molar-refractivity contribution in [2.75, 3.05) is 0 Å². The van der Waals surface area contributed by atoms with E-state index in [1.807, 2.05) is 32.2 Å². The molecule has 6 nitrogen and oxygen atoms in total. The summed E-state index contributed by atoms with van der Waals surface area (Å²) >= 11 is 0. The molecular weight excluding hydrogens is 328 g/mol. The highest BCUT2D eigenvalue weighted by atomic mass is 16.2. The van der Waals surface area contributed by atoms with Gasteiger partial charge in [0.25, 0.3) is 0 Å². The fraction of sp³-hybridized carbons (Fsp3) is 0.350. The second kappa shape index (κ2) is 6.12. The molecule has 0 aliphatic carbocycles. The maximum Gasteiger partial charge on any atom is 0.332 e. The normalized spacial score (nSPS) is 19.1. The minimum absolute atomic E-state index is 0.0983. The number of H-pyrrole nitrogens is 1. The Balaban J connectivity index is 1.77. The molecule has 1 aliphatic rings. The van der Waals surface area contributed by atoms with E-state index in [2.05, 4.69) is 33.6 Å². The van der Waals surface area contributed by atoms with Crippen LogP contribution < -0.4 is 5.69 Å². The third-order valence-electron chi connectivity index (χ3n) is 5.33. The topological polar surface area (TPSA) is 72.7 Å². The molecule has 4 rings (SSSR count). The smallest absolute Gasteiger partial charge is 0.309 e. The molecule has 0 bridgehead atoms. The van der Waals surface area contributed by atoms with Crippen LogP contribution >= 0.6 is 0 Å². The molecule has 6 heteroatoms. The van der Waals surface area contributed by atoms with E-state index in [0.29, 0.717) is 6.42 Å². The number of carbonyl (C=O) groups is 1. The third kappa shape index (κ3) is 2.29. The summed E-state index contributed by atoms with van der Waals surface area (Å²) in [6, 6.07) is 8.20. The van der Waals surface area contributed by atoms with Gasteiger partial charge in [0.2, 0.25) is 5.91 Å². The summed E-state index contributed by atoms with van der Waals surface area (Å²) in [4.78, 5) is 32.0. The van der Waals surface area contributed by atoms with Crippen LogP contribution in [-0.4, -0.2) is 25.0 Å². The van der Waals surface area contributed by atoms with Crippen LogP contribution in [0.1, 0.15) is 54.3 Å². The maximum absolute atomic E-state index is 12.6. The van der Waals surface area contributed by atoms with Gasteiger partial charge in [-0.1, -0.05) is 32.9 Å². The summed E-state index contributed by atoms with van der Waals surface area (Å²) in [5.41, 5.74) is 3.44. The zero-order chi connectivity index (χ0) is 18.4. The lowest BCUT2D eigenvalue weighted by Crippen LogP contribution is -2.24. The van der Waals surface area contributed by atoms with E-state index in [-0.39, 0.29) is 23.4 Å². The molecule has 0 radical (unpaired) electrons. The number of nitrogens with one attached hydrogen (secondary N) is 1. The Kier molecular flexibility index (Phi) is 3.90. The van der Waals surface area contributed by atoms with Crippen molar-refractivity contribution in [3.63, 3.8) is 0 Å². The number of nitrogens with zero attached hydrogens (tertiary/aromatic N) is 3. The standard InChI is InChI=1S/C20H22N4O2/c1-4-15-18-17(12(3)19(25)24(18)20(26)22-15)13-6-8-14(9-7-13)23-11-10-21-16(23)5-2/h6-12,17H,4-5H2,1-3H3,(H,22,26). The van der Waals surface area contributed by atoms with Crippen LogP contribution in [0.3, 0.4) is 0 Å². The average molecular weight is 350 g/mol. The lowest BCUT2D eigenvalue weighted by Gasteiger charge is -2.16. The highest BCUT2D eigenvalue weighted by Crippen LogP contribution is 2.39. The van der Waals surface area contributed by atoms with Gasteiger partial charge in [-0.25, -0.2) is 14.3 Å². The lowest BCUT2D eigenvalue weighted by molar-refractivity contribution is 0.0865. The Bertz CT molecular complexity index is 1020. The molecule has 1 aromatic carbocycles. The van der Waals surface area contributed by atoms with Crippen molar-refractivity contribution in [1.82, 2.24) is 19.1 Å². The van der Waals surface area contributed by atoms with Crippen LogP contribution in [-0.2, 0) is 12.8 Å². The van der Waals surface area contributed by atoms with Gasteiger partial charge in [0.15, 0.2) is 0 Å². The number of rotatable bonds is 4. The first-order valence-corrected chi connectivity index (χ1v) is 9.07. The molecular formula is C20H22N4O2. The van der Waals surface area contributed by atoms with E-state index in [1.54, 1.807) is 6.20 Å². The molecule has 134 valence electrons. The number of imidazole rings is 2. The Morgan fingerprint density at radius 3 is 2.50 bits per heavy atom. The Hall–Kier alpha value is -2.89. The number of aromatic amines is 1. The summed E-state index contributed by atoms with van der Waals surface area (Å²) in [6.45, 7) is 5.97. The molecule has 0 amide bonds. The van der Waals surface area contributed by atoms with Crippen molar-refractivity contribution in [2.45, 2.75) is 39.5 Å². The summed E-state index contributed by atoms with van der Waals surface area (Å²) < 4.78 is 3.39. The molecule has 2 atom stereocenters. The molecule has 1 N–H and O–H groups in total. The first-order chi connectivity index (χ1) is 12.6. The average Bonchev–Trinajstić information content (AvgIpc) is 3.32. The summed E-state index contributed by atoms with van der Waals surface area (Å²) in [6.07, 6.45) is 5.31. The highest BCUT2D eigenvalue weighted by Gasteiger charge is 2.41. The van der Waals surface area contributed by atoms with E-state index in [9.17, 15) is 9.59 Å². The predicted molar refractivity (Wildman–Crippen MR) is 99.0 cm³/mol. The first kappa shape index (κ1) is 16.6. The number of hydrogen-bond acceptors (Lipinski definition) is 3. The summed E-state index contributed by atoms with van der Waals surface area (Å²) in [5.74, 6) is 0.537. The van der Waals surface area contributed by atoms with Crippen LogP contribution in [0.4, 0.5) is 0 Å². The van der Waals surface area contributed by atoms with E-state index in [0.717, 1.165) is 34.9 Å². The van der Waals surface area contributed by atoms with Gasteiger partial charge >= 0.3 is 5.69 Å². The van der Waals surface area contributed by atoms with Gasteiger partial charge in [0.1, 0.15) is 5.82 Å². The minimum atomic E-state index is -0.321. The maximum atomic E-state index is 12.6. The molecule has 2 aromatic heterocycles. The van der Waals surface area contributed by atoms with Gasteiger partial charge in [-0.2, -0.15) is 0 Å². The van der Waals surface area contributed by atoms with Crippen LogP contribution in [0.2, 0.25) is 0 Å². The zero-order valence-corrected chi connectivity index (χ0v) is 15.2. The predicted octanol–water partition coefficient (Wildman–Crippen LogP) is 2.91. The molecule has 3 heterocycles. The minimum Gasteiger partial charge on any atom is -0.309 e. The fourth-order valence-electron chi connectivity index (χ4n) is 4.01. The third-order valence-corrected chi connectivity index (χ3v) is 5.33. The molecule has 0 saturated heterocycles. The van der Waals surface area contributed by atoms with E-state index in [4.69, 9.17) is 0 Å². The largest absolute Gasteiger partial charge is 0.332 e. The van der Waals surface area contributed by atoms with Crippen molar-refractivity contribution >= 4 is 5.91 Å². The number of benzene rings is 1. The van der Waals surface area contributed by atoms with Crippen molar-refractivity contribution in [1.29, 1.82) is 0 Å².